The predicted molar refractivity (Wildman–Crippen MR) is 207 cm³/mol. The smallest absolute Gasteiger partial charge is 0.414 e. The van der Waals surface area contributed by atoms with Gasteiger partial charge in [0.05, 0.1) is 46.3 Å². The fourth-order valence-electron chi connectivity index (χ4n) is 8.94. The van der Waals surface area contributed by atoms with Crippen LogP contribution in [0.2, 0.25) is 18.6 Å². The van der Waals surface area contributed by atoms with Crippen LogP contribution < -0.4 is 19.7 Å². The highest BCUT2D eigenvalue weighted by molar-refractivity contribution is 6.91. The number of methoxy groups -OCH3 is 1. The van der Waals surface area contributed by atoms with Crippen molar-refractivity contribution in [3.8, 4) is 5.75 Å². The van der Waals surface area contributed by atoms with Gasteiger partial charge >= 0.3 is 6.09 Å². The Morgan fingerprint density at radius 3 is 2.48 bits per heavy atom. The third-order valence-electron chi connectivity index (χ3n) is 11.7. The lowest BCUT2D eigenvalue weighted by Crippen LogP contribution is -2.51. The maximum atomic E-state index is 15.2. The molecule has 278 valence electrons. The lowest BCUT2D eigenvalue weighted by Gasteiger charge is -2.37. The van der Waals surface area contributed by atoms with Gasteiger partial charge in [-0.1, -0.05) is 103 Å². The minimum absolute atomic E-state index is 0.0465. The number of carbonyl (C=O) groups excluding carboxylic acids is 2. The molecule has 3 aliphatic rings. The molecule has 12 heteroatoms. The van der Waals surface area contributed by atoms with E-state index in [4.69, 9.17) is 14.2 Å². The van der Waals surface area contributed by atoms with Gasteiger partial charge in [-0.2, -0.15) is 0 Å². The average molecular weight is 744 g/mol. The number of hydrogen-bond donors (Lipinski definition) is 1. The molecule has 1 aromatic heterocycles. The minimum atomic E-state index is -2.36. The van der Waals surface area contributed by atoms with Crippen LogP contribution in [0, 0.1) is 5.92 Å². The number of anilines is 2. The van der Waals surface area contributed by atoms with Crippen LogP contribution in [0.4, 0.5) is 16.2 Å². The molecule has 4 aromatic carbocycles. The second kappa shape index (κ2) is 14.2. The van der Waals surface area contributed by atoms with Crippen molar-refractivity contribution >= 4 is 36.6 Å². The van der Waals surface area contributed by atoms with Crippen molar-refractivity contribution in [3.63, 3.8) is 0 Å². The highest BCUT2D eigenvalue weighted by Gasteiger charge is 2.66. The number of para-hydroxylation sites is 1. The SMILES string of the molecule is COc1ccc([Si](C)(C)[C@@H]2[C@@H](CCn3cc([C@H](O)c4ccccc4)nn3)O[C@]3(C(=O)N(Cc4cccc(N5CCOC5=O)c4)c4ccccc43)[C@H]2C)cc1. The standard InChI is InChI=1S/C42H45N5O6Si/c1-28-39(54(3,4)33-19-17-32(51-2)18-20-33)37(21-22-45-27-35(43-44-45)38(48)30-12-6-5-7-13-30)53-42(28)34-15-8-9-16-36(34)47(40(42)49)26-29-11-10-14-31(25-29)46-23-24-52-41(46)50/h5-20,25,27-28,37-39,48H,21-24,26H2,1-4H3/t28-,37+,38+,39-,42+/m0/s1. The zero-order valence-electron chi connectivity index (χ0n) is 31.0. The maximum Gasteiger partial charge on any atom is 0.414 e. The molecule has 8 rings (SSSR count). The van der Waals surface area contributed by atoms with E-state index in [0.717, 1.165) is 33.8 Å². The van der Waals surface area contributed by atoms with Crippen molar-refractivity contribution < 1.29 is 28.9 Å². The minimum Gasteiger partial charge on any atom is -0.497 e. The van der Waals surface area contributed by atoms with E-state index in [0.29, 0.717) is 38.4 Å². The normalized spacial score (nSPS) is 22.9. The Morgan fingerprint density at radius 2 is 1.74 bits per heavy atom. The molecule has 0 bridgehead atoms. The van der Waals surface area contributed by atoms with Crippen molar-refractivity contribution in [2.75, 3.05) is 30.1 Å². The molecule has 2 saturated heterocycles. The van der Waals surface area contributed by atoms with Crippen molar-refractivity contribution in [1.29, 1.82) is 0 Å². The van der Waals surface area contributed by atoms with Gasteiger partial charge in [-0.3, -0.25) is 14.4 Å². The largest absolute Gasteiger partial charge is 0.497 e. The lowest BCUT2D eigenvalue weighted by molar-refractivity contribution is -0.146. The van der Waals surface area contributed by atoms with Crippen LogP contribution in [0.1, 0.15) is 41.8 Å². The Kier molecular flexibility index (Phi) is 9.37. The number of aliphatic hydroxyl groups excluding tert-OH is 1. The van der Waals surface area contributed by atoms with E-state index in [9.17, 15) is 9.90 Å². The molecular formula is C42H45N5O6Si. The number of aromatic nitrogens is 3. The summed E-state index contributed by atoms with van der Waals surface area (Å²) in [5.74, 6) is 0.554. The first-order valence-electron chi connectivity index (χ1n) is 18.5. The summed E-state index contributed by atoms with van der Waals surface area (Å²) in [6, 6.07) is 33.5. The zero-order valence-corrected chi connectivity index (χ0v) is 32.0. The lowest BCUT2D eigenvalue weighted by atomic mass is 9.82. The molecule has 2 amide bonds. The zero-order chi connectivity index (χ0) is 37.6. The van der Waals surface area contributed by atoms with Crippen LogP contribution in [0.5, 0.6) is 5.75 Å². The molecule has 4 heterocycles. The summed E-state index contributed by atoms with van der Waals surface area (Å²) in [4.78, 5) is 31.0. The highest BCUT2D eigenvalue weighted by Crippen LogP contribution is 2.60. The second-order valence-corrected chi connectivity index (χ2v) is 19.7. The molecular weight excluding hydrogens is 699 g/mol. The molecule has 1 spiro atoms. The van der Waals surface area contributed by atoms with Gasteiger partial charge in [0, 0.05) is 23.7 Å². The van der Waals surface area contributed by atoms with Gasteiger partial charge in [-0.15, -0.1) is 5.10 Å². The number of rotatable bonds is 11. The summed E-state index contributed by atoms with van der Waals surface area (Å²) in [5, 5.41) is 21.0. The topological polar surface area (TPSA) is 119 Å². The fourth-order valence-corrected chi connectivity index (χ4v) is 13.0. The number of aryl methyl sites for hydroxylation is 1. The third kappa shape index (κ3) is 6.07. The van der Waals surface area contributed by atoms with Gasteiger partial charge < -0.3 is 24.2 Å². The highest BCUT2D eigenvalue weighted by atomic mass is 28.3. The second-order valence-electron chi connectivity index (χ2n) is 15.0. The fraction of sp³-hybridized carbons (Fsp3) is 0.333. The van der Waals surface area contributed by atoms with E-state index >= 15 is 4.79 Å². The Morgan fingerprint density at radius 1 is 0.981 bits per heavy atom. The third-order valence-corrected chi connectivity index (χ3v) is 16.0. The molecule has 54 heavy (non-hydrogen) atoms. The average Bonchev–Trinajstić information content (AvgIpc) is 3.97. The van der Waals surface area contributed by atoms with E-state index in [1.165, 1.54) is 5.19 Å². The van der Waals surface area contributed by atoms with Crippen molar-refractivity contribution in [2.24, 2.45) is 5.92 Å². The van der Waals surface area contributed by atoms with Crippen LogP contribution in [0.25, 0.3) is 0 Å². The first-order chi connectivity index (χ1) is 26.1. The van der Waals surface area contributed by atoms with E-state index in [-0.39, 0.29) is 29.6 Å². The number of aliphatic hydroxyl groups is 1. The molecule has 5 atom stereocenters. The molecule has 0 saturated carbocycles. The summed E-state index contributed by atoms with van der Waals surface area (Å²) < 4.78 is 19.7. The number of fused-ring (bicyclic) bond motifs is 2. The Labute approximate surface area is 316 Å². The first-order valence-corrected chi connectivity index (χ1v) is 21.6. The van der Waals surface area contributed by atoms with Gasteiger partial charge in [0.15, 0.2) is 5.60 Å². The summed E-state index contributed by atoms with van der Waals surface area (Å²) in [6.07, 6.45) is 0.857. The van der Waals surface area contributed by atoms with Crippen LogP contribution in [-0.2, 0) is 33.0 Å². The molecule has 0 aliphatic carbocycles. The summed E-state index contributed by atoms with van der Waals surface area (Å²) >= 11 is 0. The number of benzene rings is 4. The molecule has 2 fully saturated rings. The van der Waals surface area contributed by atoms with Gasteiger partial charge in [-0.25, -0.2) is 4.79 Å². The molecule has 11 nitrogen and oxygen atoms in total. The van der Waals surface area contributed by atoms with Crippen LogP contribution >= 0.6 is 0 Å². The summed E-state index contributed by atoms with van der Waals surface area (Å²) in [6.45, 7) is 8.58. The Balaban J connectivity index is 1.13. The molecule has 3 aliphatic heterocycles. The van der Waals surface area contributed by atoms with Crippen LogP contribution in [-0.4, -0.2) is 66.5 Å². The number of carbonyl (C=O) groups is 2. The Bertz CT molecular complexity index is 2160. The van der Waals surface area contributed by atoms with Crippen LogP contribution in [0.3, 0.4) is 0 Å². The molecule has 0 radical (unpaired) electrons. The van der Waals surface area contributed by atoms with Gasteiger partial charge in [-0.05, 0) is 53.4 Å². The van der Waals surface area contributed by atoms with Crippen LogP contribution in [0.15, 0.2) is 109 Å². The number of cyclic esters (lactones) is 1. The maximum absolute atomic E-state index is 15.2. The molecule has 0 unspecified atom stereocenters. The van der Waals surface area contributed by atoms with Gasteiger partial charge in [0.25, 0.3) is 5.91 Å². The number of nitrogens with zero attached hydrogens (tertiary/aromatic N) is 5. The number of hydrogen-bond acceptors (Lipinski definition) is 8. The van der Waals surface area contributed by atoms with E-state index in [1.807, 2.05) is 95.9 Å². The monoisotopic (exact) mass is 743 g/mol. The Hall–Kier alpha value is -5.30. The van der Waals surface area contributed by atoms with Gasteiger partial charge in [0.2, 0.25) is 0 Å². The summed E-state index contributed by atoms with van der Waals surface area (Å²) in [7, 11) is -0.688. The number of amides is 2. The number of ether oxygens (including phenoxy) is 3. The summed E-state index contributed by atoms with van der Waals surface area (Å²) in [5.41, 5.74) is 3.43. The van der Waals surface area contributed by atoms with Crippen molar-refractivity contribution in [1.82, 2.24) is 15.0 Å². The van der Waals surface area contributed by atoms with Crippen molar-refractivity contribution in [3.05, 3.63) is 132 Å². The quantitative estimate of drug-likeness (QED) is 0.160. The first kappa shape index (κ1) is 35.7. The molecule has 1 N–H and O–H groups in total. The van der Waals surface area contributed by atoms with E-state index in [1.54, 1.807) is 22.9 Å². The van der Waals surface area contributed by atoms with Crippen molar-refractivity contribution in [2.45, 2.75) is 62.9 Å². The van der Waals surface area contributed by atoms with Gasteiger partial charge in [0.1, 0.15) is 24.2 Å². The predicted octanol–water partition coefficient (Wildman–Crippen LogP) is 6.18. The van der Waals surface area contributed by atoms with E-state index in [2.05, 4.69) is 42.5 Å². The molecule has 5 aromatic rings. The van der Waals surface area contributed by atoms with E-state index < -0.39 is 19.8 Å².